The van der Waals surface area contributed by atoms with Crippen LogP contribution in [-0.4, -0.2) is 13.2 Å². The molecule has 1 atom stereocenters. The normalized spacial score (nSPS) is 21.8. The summed E-state index contributed by atoms with van der Waals surface area (Å²) in [7, 11) is 1.79. The first-order chi connectivity index (χ1) is 6.90. The number of allylic oxidation sites excluding steroid dienone is 1. The van der Waals surface area contributed by atoms with Crippen LogP contribution in [0.2, 0.25) is 0 Å². The molecule has 74 valence electrons. The van der Waals surface area contributed by atoms with Crippen molar-refractivity contribution in [2.45, 2.75) is 25.4 Å². The molecule has 0 saturated heterocycles. The second-order valence-corrected chi connectivity index (χ2v) is 3.72. The fraction of sp³-hybridized carbons (Fsp3) is 0.385. The van der Waals surface area contributed by atoms with Gasteiger partial charge in [-0.25, -0.2) is 0 Å². The summed E-state index contributed by atoms with van der Waals surface area (Å²) in [6.07, 6.45) is 6.16. The van der Waals surface area contributed by atoms with Crippen molar-refractivity contribution in [3.8, 4) is 0 Å². The van der Waals surface area contributed by atoms with Gasteiger partial charge in [0.1, 0.15) is 0 Å². The molecule has 0 spiro atoms. The molecule has 14 heavy (non-hydrogen) atoms. The number of rotatable bonds is 2. The molecule has 1 aliphatic rings. The van der Waals surface area contributed by atoms with Crippen molar-refractivity contribution in [1.29, 1.82) is 0 Å². The Kier molecular flexibility index (Phi) is 3.00. The number of hydrogen-bond acceptors (Lipinski definition) is 1. The molecule has 0 aliphatic heterocycles. The van der Waals surface area contributed by atoms with E-state index in [-0.39, 0.29) is 0 Å². The molecule has 0 radical (unpaired) electrons. The van der Waals surface area contributed by atoms with Crippen molar-refractivity contribution < 1.29 is 4.74 Å². The summed E-state index contributed by atoms with van der Waals surface area (Å²) in [5.41, 5.74) is 2.78. The first-order valence-corrected chi connectivity index (χ1v) is 5.19. The summed E-state index contributed by atoms with van der Waals surface area (Å²) in [5.74, 6) is 0. The maximum atomic E-state index is 5.37. The van der Waals surface area contributed by atoms with E-state index in [1.54, 1.807) is 7.11 Å². The minimum atomic E-state index is 0.318. The lowest BCUT2D eigenvalue weighted by molar-refractivity contribution is 0.129. The third-order valence-electron chi connectivity index (χ3n) is 2.77. The fourth-order valence-corrected chi connectivity index (χ4v) is 1.96. The number of benzene rings is 1. The third kappa shape index (κ3) is 2.05. The molecule has 1 unspecified atom stereocenters. The Bertz CT molecular complexity index is 313. The zero-order valence-corrected chi connectivity index (χ0v) is 8.57. The zero-order chi connectivity index (χ0) is 9.80. The highest BCUT2D eigenvalue weighted by Crippen LogP contribution is 2.27. The van der Waals surface area contributed by atoms with Gasteiger partial charge in [-0.05, 0) is 30.4 Å². The van der Waals surface area contributed by atoms with Crippen molar-refractivity contribution in [1.82, 2.24) is 0 Å². The van der Waals surface area contributed by atoms with Crippen LogP contribution in [0, 0.1) is 0 Å². The average molecular weight is 188 g/mol. The monoisotopic (exact) mass is 188 g/mol. The van der Waals surface area contributed by atoms with Crippen molar-refractivity contribution >= 4 is 5.57 Å². The quantitative estimate of drug-likeness (QED) is 0.692. The lowest BCUT2D eigenvalue weighted by Crippen LogP contribution is -2.11. The van der Waals surface area contributed by atoms with Crippen molar-refractivity contribution in [3.63, 3.8) is 0 Å². The van der Waals surface area contributed by atoms with Gasteiger partial charge in [0.2, 0.25) is 0 Å². The highest BCUT2D eigenvalue weighted by atomic mass is 16.5. The molecular weight excluding hydrogens is 172 g/mol. The van der Waals surface area contributed by atoms with Crippen LogP contribution in [-0.2, 0) is 4.74 Å². The second-order valence-electron chi connectivity index (χ2n) is 3.72. The van der Waals surface area contributed by atoms with E-state index in [2.05, 4.69) is 36.4 Å². The van der Waals surface area contributed by atoms with Crippen LogP contribution in [0.3, 0.4) is 0 Å². The largest absolute Gasteiger partial charge is 0.377 e. The molecule has 0 aromatic heterocycles. The van der Waals surface area contributed by atoms with Crippen LogP contribution in [0.1, 0.15) is 24.8 Å². The van der Waals surface area contributed by atoms with E-state index >= 15 is 0 Å². The van der Waals surface area contributed by atoms with Crippen LogP contribution >= 0.6 is 0 Å². The van der Waals surface area contributed by atoms with E-state index in [4.69, 9.17) is 4.74 Å². The van der Waals surface area contributed by atoms with E-state index in [0.29, 0.717) is 6.10 Å². The minimum Gasteiger partial charge on any atom is -0.377 e. The summed E-state index contributed by atoms with van der Waals surface area (Å²) in [5, 5.41) is 0. The maximum absolute atomic E-state index is 5.37. The Balaban J connectivity index is 2.22. The molecule has 0 N–H and O–H groups in total. The Morgan fingerprint density at radius 1 is 1.21 bits per heavy atom. The van der Waals surface area contributed by atoms with Gasteiger partial charge in [-0.2, -0.15) is 0 Å². The molecule has 0 saturated carbocycles. The Labute approximate surface area is 85.4 Å². The molecule has 1 aliphatic carbocycles. The summed E-state index contributed by atoms with van der Waals surface area (Å²) < 4.78 is 5.37. The van der Waals surface area contributed by atoms with Crippen molar-refractivity contribution in [2.75, 3.05) is 7.11 Å². The predicted octanol–water partition coefficient (Wildman–Crippen LogP) is 3.27. The number of hydrogen-bond donors (Lipinski definition) is 0. The van der Waals surface area contributed by atoms with Gasteiger partial charge in [0, 0.05) is 7.11 Å². The molecule has 1 heteroatoms. The molecule has 1 nitrogen and oxygen atoms in total. The van der Waals surface area contributed by atoms with E-state index in [1.165, 1.54) is 24.0 Å². The molecule has 0 bridgehead atoms. The maximum Gasteiger partial charge on any atom is 0.0758 e. The second kappa shape index (κ2) is 4.43. The van der Waals surface area contributed by atoms with Gasteiger partial charge < -0.3 is 4.74 Å². The van der Waals surface area contributed by atoms with E-state index < -0.39 is 0 Å². The number of ether oxygens (including phenoxy) is 1. The van der Waals surface area contributed by atoms with Gasteiger partial charge in [-0.15, -0.1) is 0 Å². The summed E-state index contributed by atoms with van der Waals surface area (Å²) >= 11 is 0. The number of methoxy groups -OCH3 is 1. The van der Waals surface area contributed by atoms with Gasteiger partial charge in [-0.1, -0.05) is 36.4 Å². The highest BCUT2D eigenvalue weighted by Gasteiger charge is 2.13. The zero-order valence-electron chi connectivity index (χ0n) is 8.57. The van der Waals surface area contributed by atoms with Crippen LogP contribution in [0.15, 0.2) is 36.4 Å². The van der Waals surface area contributed by atoms with E-state index in [9.17, 15) is 0 Å². The van der Waals surface area contributed by atoms with Crippen LogP contribution in [0.4, 0.5) is 0 Å². The smallest absolute Gasteiger partial charge is 0.0758 e. The summed E-state index contributed by atoms with van der Waals surface area (Å²) in [4.78, 5) is 0. The van der Waals surface area contributed by atoms with Crippen LogP contribution < -0.4 is 0 Å². The summed E-state index contributed by atoms with van der Waals surface area (Å²) in [6, 6.07) is 10.6. The van der Waals surface area contributed by atoms with E-state index in [0.717, 1.165) is 6.42 Å². The molecule has 2 rings (SSSR count). The van der Waals surface area contributed by atoms with E-state index in [1.807, 2.05) is 0 Å². The highest BCUT2D eigenvalue weighted by molar-refractivity contribution is 5.66. The fourth-order valence-electron chi connectivity index (χ4n) is 1.96. The first-order valence-electron chi connectivity index (χ1n) is 5.19. The Morgan fingerprint density at radius 2 is 2.00 bits per heavy atom. The Morgan fingerprint density at radius 3 is 2.71 bits per heavy atom. The van der Waals surface area contributed by atoms with Gasteiger partial charge >= 0.3 is 0 Å². The first kappa shape index (κ1) is 9.47. The minimum absolute atomic E-state index is 0.318. The summed E-state index contributed by atoms with van der Waals surface area (Å²) in [6.45, 7) is 0. The average Bonchev–Trinajstić information content (AvgIpc) is 2.30. The van der Waals surface area contributed by atoms with Crippen molar-refractivity contribution in [2.24, 2.45) is 0 Å². The Hall–Kier alpha value is -1.08. The van der Waals surface area contributed by atoms with Gasteiger partial charge in [0.15, 0.2) is 0 Å². The van der Waals surface area contributed by atoms with Crippen LogP contribution in [0.5, 0.6) is 0 Å². The molecule has 0 amide bonds. The van der Waals surface area contributed by atoms with Gasteiger partial charge in [0.05, 0.1) is 6.10 Å². The molecular formula is C13H16O. The lowest BCUT2D eigenvalue weighted by atomic mass is 9.92. The molecule has 0 heterocycles. The lowest BCUT2D eigenvalue weighted by Gasteiger charge is -2.20. The van der Waals surface area contributed by atoms with Gasteiger partial charge in [0.25, 0.3) is 0 Å². The molecule has 0 fully saturated rings. The molecule has 1 aromatic rings. The van der Waals surface area contributed by atoms with Gasteiger partial charge in [-0.3, -0.25) is 0 Å². The SMILES string of the molecule is COC1C=C(c2ccccc2)CCC1. The third-order valence-corrected chi connectivity index (χ3v) is 2.77. The topological polar surface area (TPSA) is 9.23 Å². The predicted molar refractivity (Wildman–Crippen MR) is 59.1 cm³/mol. The van der Waals surface area contributed by atoms with Crippen LogP contribution in [0.25, 0.3) is 5.57 Å². The molecule has 1 aromatic carbocycles. The van der Waals surface area contributed by atoms with Crippen molar-refractivity contribution in [3.05, 3.63) is 42.0 Å². The standard InChI is InChI=1S/C13H16O/c1-14-13-9-5-8-12(10-13)11-6-3-2-4-7-11/h2-4,6-7,10,13H,5,8-9H2,1H3.